The fourth-order valence-corrected chi connectivity index (χ4v) is 1.49. The summed E-state index contributed by atoms with van der Waals surface area (Å²) in [6.45, 7) is 1.79. The molecule has 0 aliphatic carbocycles. The van der Waals surface area contributed by atoms with E-state index >= 15 is 0 Å². The number of rotatable bonds is 6. The SMILES string of the molecule is CN(C)C(=O)OCCc1ccc(OCC2CO2)cc1. The Morgan fingerprint density at radius 1 is 1.37 bits per heavy atom. The number of benzene rings is 1. The lowest BCUT2D eigenvalue weighted by Gasteiger charge is -2.11. The number of carbonyl (C=O) groups excluding carboxylic acids is 1. The third kappa shape index (κ3) is 4.79. The molecule has 1 aliphatic heterocycles. The Hall–Kier alpha value is -1.75. The van der Waals surface area contributed by atoms with Crippen molar-refractivity contribution in [1.82, 2.24) is 4.90 Å². The van der Waals surface area contributed by atoms with E-state index in [0.717, 1.165) is 17.9 Å². The third-order valence-corrected chi connectivity index (χ3v) is 2.74. The van der Waals surface area contributed by atoms with E-state index in [9.17, 15) is 4.79 Å². The molecule has 1 saturated heterocycles. The molecule has 1 unspecified atom stereocenters. The van der Waals surface area contributed by atoms with E-state index in [1.165, 1.54) is 4.90 Å². The van der Waals surface area contributed by atoms with Crippen molar-refractivity contribution >= 4 is 6.09 Å². The summed E-state index contributed by atoms with van der Waals surface area (Å²) in [5, 5.41) is 0. The van der Waals surface area contributed by atoms with Gasteiger partial charge in [-0.05, 0) is 17.7 Å². The van der Waals surface area contributed by atoms with Crippen LogP contribution in [-0.4, -0.2) is 51.0 Å². The molecular formula is C14H19NO4. The van der Waals surface area contributed by atoms with Crippen LogP contribution in [0, 0.1) is 0 Å². The molecule has 1 heterocycles. The highest BCUT2D eigenvalue weighted by Crippen LogP contribution is 2.16. The summed E-state index contributed by atoms with van der Waals surface area (Å²) in [7, 11) is 3.33. The summed E-state index contributed by atoms with van der Waals surface area (Å²) < 4.78 is 15.7. The lowest BCUT2D eigenvalue weighted by Crippen LogP contribution is -2.23. The zero-order chi connectivity index (χ0) is 13.7. The summed E-state index contributed by atoms with van der Waals surface area (Å²) in [5.74, 6) is 0.838. The van der Waals surface area contributed by atoms with Gasteiger partial charge >= 0.3 is 6.09 Å². The van der Waals surface area contributed by atoms with Gasteiger partial charge in [-0.25, -0.2) is 4.79 Å². The maximum atomic E-state index is 11.2. The molecule has 1 atom stereocenters. The predicted octanol–water partition coefficient (Wildman–Crippen LogP) is 1.70. The first-order chi connectivity index (χ1) is 9.15. The van der Waals surface area contributed by atoms with E-state index in [0.29, 0.717) is 19.6 Å². The summed E-state index contributed by atoms with van der Waals surface area (Å²) in [4.78, 5) is 12.6. The quantitative estimate of drug-likeness (QED) is 0.735. The van der Waals surface area contributed by atoms with Crippen molar-refractivity contribution in [2.45, 2.75) is 12.5 Å². The molecule has 0 bridgehead atoms. The lowest BCUT2D eigenvalue weighted by molar-refractivity contribution is 0.119. The molecule has 1 aliphatic rings. The number of amides is 1. The van der Waals surface area contributed by atoms with Gasteiger partial charge in [-0.1, -0.05) is 12.1 Å². The Bertz CT molecular complexity index is 412. The number of carbonyl (C=O) groups is 1. The molecule has 0 N–H and O–H groups in total. The second-order valence-corrected chi connectivity index (χ2v) is 4.67. The van der Waals surface area contributed by atoms with E-state index in [-0.39, 0.29) is 12.2 Å². The molecule has 5 nitrogen and oxygen atoms in total. The Labute approximate surface area is 113 Å². The number of hydrogen-bond donors (Lipinski definition) is 0. The van der Waals surface area contributed by atoms with Crippen molar-refractivity contribution in [2.75, 3.05) is 33.9 Å². The van der Waals surface area contributed by atoms with Gasteiger partial charge in [0.05, 0.1) is 13.2 Å². The van der Waals surface area contributed by atoms with Gasteiger partial charge in [0.1, 0.15) is 18.5 Å². The molecule has 2 rings (SSSR count). The second kappa shape index (κ2) is 6.43. The molecule has 0 spiro atoms. The molecule has 19 heavy (non-hydrogen) atoms. The largest absolute Gasteiger partial charge is 0.491 e. The molecule has 0 radical (unpaired) electrons. The Morgan fingerprint density at radius 3 is 2.63 bits per heavy atom. The van der Waals surface area contributed by atoms with Gasteiger partial charge in [-0.2, -0.15) is 0 Å². The van der Waals surface area contributed by atoms with Crippen LogP contribution in [0.4, 0.5) is 4.79 Å². The van der Waals surface area contributed by atoms with Gasteiger partial charge < -0.3 is 19.1 Å². The fourth-order valence-electron chi connectivity index (χ4n) is 1.49. The van der Waals surface area contributed by atoms with Gasteiger partial charge in [0.25, 0.3) is 0 Å². The summed E-state index contributed by atoms with van der Waals surface area (Å²) in [6, 6.07) is 7.80. The molecule has 0 saturated carbocycles. The van der Waals surface area contributed by atoms with Gasteiger partial charge in [-0.15, -0.1) is 0 Å². The minimum Gasteiger partial charge on any atom is -0.491 e. The van der Waals surface area contributed by atoms with E-state index in [4.69, 9.17) is 14.2 Å². The molecule has 0 aromatic heterocycles. The average molecular weight is 265 g/mol. The van der Waals surface area contributed by atoms with Crippen LogP contribution in [0.1, 0.15) is 5.56 Å². The summed E-state index contributed by atoms with van der Waals surface area (Å²) >= 11 is 0. The minimum atomic E-state index is -0.315. The highest BCUT2D eigenvalue weighted by Gasteiger charge is 2.22. The topological polar surface area (TPSA) is 51.3 Å². The lowest BCUT2D eigenvalue weighted by atomic mass is 10.1. The van der Waals surface area contributed by atoms with Crippen LogP contribution in [-0.2, 0) is 15.9 Å². The van der Waals surface area contributed by atoms with Gasteiger partial charge in [0.2, 0.25) is 0 Å². The third-order valence-electron chi connectivity index (χ3n) is 2.74. The van der Waals surface area contributed by atoms with Crippen LogP contribution in [0.15, 0.2) is 24.3 Å². The van der Waals surface area contributed by atoms with E-state index in [1.807, 2.05) is 24.3 Å². The van der Waals surface area contributed by atoms with Crippen molar-refractivity contribution < 1.29 is 19.0 Å². The smallest absolute Gasteiger partial charge is 0.409 e. The normalized spacial score (nSPS) is 16.8. The Balaban J connectivity index is 1.70. The standard InChI is InChI=1S/C14H19NO4/c1-15(2)14(16)17-8-7-11-3-5-12(6-4-11)18-9-13-10-19-13/h3-6,13H,7-10H2,1-2H3. The second-order valence-electron chi connectivity index (χ2n) is 4.67. The van der Waals surface area contributed by atoms with E-state index in [2.05, 4.69) is 0 Å². The Morgan fingerprint density at radius 2 is 2.05 bits per heavy atom. The predicted molar refractivity (Wildman–Crippen MR) is 70.4 cm³/mol. The first-order valence-corrected chi connectivity index (χ1v) is 6.32. The zero-order valence-corrected chi connectivity index (χ0v) is 11.3. The van der Waals surface area contributed by atoms with Crippen LogP contribution in [0.25, 0.3) is 0 Å². The number of ether oxygens (including phenoxy) is 3. The molecule has 1 aromatic carbocycles. The first-order valence-electron chi connectivity index (χ1n) is 6.32. The minimum absolute atomic E-state index is 0.269. The molecule has 1 fully saturated rings. The van der Waals surface area contributed by atoms with Crippen molar-refractivity contribution in [3.05, 3.63) is 29.8 Å². The molecule has 104 valence electrons. The van der Waals surface area contributed by atoms with Crippen molar-refractivity contribution in [1.29, 1.82) is 0 Å². The van der Waals surface area contributed by atoms with Crippen LogP contribution in [0.2, 0.25) is 0 Å². The van der Waals surface area contributed by atoms with E-state index < -0.39 is 0 Å². The van der Waals surface area contributed by atoms with Crippen LogP contribution in [0.3, 0.4) is 0 Å². The summed E-state index contributed by atoms with van der Waals surface area (Å²) in [5.41, 5.74) is 1.11. The first kappa shape index (κ1) is 13.7. The zero-order valence-electron chi connectivity index (χ0n) is 11.3. The van der Waals surface area contributed by atoms with Crippen molar-refractivity contribution in [2.24, 2.45) is 0 Å². The van der Waals surface area contributed by atoms with E-state index in [1.54, 1.807) is 14.1 Å². The maximum absolute atomic E-state index is 11.2. The van der Waals surface area contributed by atoms with Crippen LogP contribution < -0.4 is 4.74 Å². The maximum Gasteiger partial charge on any atom is 0.409 e. The summed E-state index contributed by atoms with van der Waals surface area (Å²) in [6.07, 6.45) is 0.653. The van der Waals surface area contributed by atoms with Crippen LogP contribution in [0.5, 0.6) is 5.75 Å². The highest BCUT2D eigenvalue weighted by molar-refractivity contribution is 5.66. The number of epoxide rings is 1. The fraction of sp³-hybridized carbons (Fsp3) is 0.500. The number of nitrogens with zero attached hydrogens (tertiary/aromatic N) is 1. The van der Waals surface area contributed by atoms with Gasteiger partial charge in [0.15, 0.2) is 0 Å². The van der Waals surface area contributed by atoms with Gasteiger partial charge in [-0.3, -0.25) is 0 Å². The van der Waals surface area contributed by atoms with Crippen molar-refractivity contribution in [3.8, 4) is 5.75 Å². The average Bonchev–Trinajstić information content (AvgIpc) is 3.21. The molecular weight excluding hydrogens is 246 g/mol. The molecule has 1 aromatic rings. The molecule has 5 heteroatoms. The van der Waals surface area contributed by atoms with Crippen molar-refractivity contribution in [3.63, 3.8) is 0 Å². The van der Waals surface area contributed by atoms with Gasteiger partial charge in [0, 0.05) is 20.5 Å². The highest BCUT2D eigenvalue weighted by atomic mass is 16.6. The monoisotopic (exact) mass is 265 g/mol. The molecule has 1 amide bonds. The Kier molecular flexibility index (Phi) is 4.63. The van der Waals surface area contributed by atoms with Crippen LogP contribution >= 0.6 is 0 Å². The number of hydrogen-bond acceptors (Lipinski definition) is 4.